The van der Waals surface area contributed by atoms with Crippen LogP contribution in [0.3, 0.4) is 0 Å². The van der Waals surface area contributed by atoms with Crippen LogP contribution in [0.1, 0.15) is 18.4 Å². The number of rotatable bonds is 1. The van der Waals surface area contributed by atoms with Gasteiger partial charge in [-0.05, 0) is 31.0 Å². The Kier molecular flexibility index (Phi) is 2.90. The summed E-state index contributed by atoms with van der Waals surface area (Å²) in [5.74, 6) is 0. The Labute approximate surface area is 92.2 Å². The van der Waals surface area contributed by atoms with E-state index in [1.807, 2.05) is 17.2 Å². The average molecular weight is 227 g/mol. The Bertz CT molecular complexity index is 395. The first-order valence-electron chi connectivity index (χ1n) is 5.18. The van der Waals surface area contributed by atoms with Gasteiger partial charge in [-0.2, -0.15) is 13.2 Å². The van der Waals surface area contributed by atoms with Crippen LogP contribution in [-0.2, 0) is 6.18 Å². The molecule has 0 radical (unpaired) electrons. The van der Waals surface area contributed by atoms with Gasteiger partial charge in [-0.1, -0.05) is 12.1 Å². The summed E-state index contributed by atoms with van der Waals surface area (Å²) < 4.78 is 37.5. The van der Waals surface area contributed by atoms with Gasteiger partial charge in [-0.25, -0.2) is 0 Å². The van der Waals surface area contributed by atoms with Gasteiger partial charge in [0.05, 0.1) is 5.56 Å². The van der Waals surface area contributed by atoms with Gasteiger partial charge in [0.15, 0.2) is 0 Å². The third-order valence-corrected chi connectivity index (χ3v) is 2.56. The standard InChI is InChI=1S/C12H12F3N/c13-12(14,15)10-5-4-6-11(9-10)16-7-2-1-3-8-16/h2,4-7,9H,1,3,8H2. The lowest BCUT2D eigenvalue weighted by molar-refractivity contribution is -0.137. The lowest BCUT2D eigenvalue weighted by Crippen LogP contribution is -2.20. The van der Waals surface area contributed by atoms with Gasteiger partial charge in [0, 0.05) is 18.4 Å². The second kappa shape index (κ2) is 4.20. The van der Waals surface area contributed by atoms with E-state index in [4.69, 9.17) is 0 Å². The van der Waals surface area contributed by atoms with Gasteiger partial charge >= 0.3 is 6.18 Å². The van der Waals surface area contributed by atoms with E-state index in [9.17, 15) is 13.2 Å². The topological polar surface area (TPSA) is 3.24 Å². The van der Waals surface area contributed by atoms with Gasteiger partial charge in [-0.15, -0.1) is 0 Å². The minimum Gasteiger partial charge on any atom is -0.348 e. The number of nitrogens with zero attached hydrogens (tertiary/aromatic N) is 1. The molecule has 1 aromatic rings. The van der Waals surface area contributed by atoms with Gasteiger partial charge < -0.3 is 4.90 Å². The van der Waals surface area contributed by atoms with Crippen molar-refractivity contribution in [3.8, 4) is 0 Å². The fourth-order valence-corrected chi connectivity index (χ4v) is 1.73. The molecular formula is C12H12F3N. The molecule has 0 amide bonds. The summed E-state index contributed by atoms with van der Waals surface area (Å²) in [6.45, 7) is 0.776. The molecule has 0 aromatic heterocycles. The highest BCUT2D eigenvalue weighted by atomic mass is 19.4. The first-order valence-corrected chi connectivity index (χ1v) is 5.18. The summed E-state index contributed by atoms with van der Waals surface area (Å²) in [7, 11) is 0. The Morgan fingerprint density at radius 1 is 1.19 bits per heavy atom. The molecule has 1 aliphatic heterocycles. The maximum atomic E-state index is 12.5. The molecule has 0 bridgehead atoms. The van der Waals surface area contributed by atoms with Crippen molar-refractivity contribution < 1.29 is 13.2 Å². The van der Waals surface area contributed by atoms with E-state index < -0.39 is 11.7 Å². The third-order valence-electron chi connectivity index (χ3n) is 2.56. The monoisotopic (exact) mass is 227 g/mol. The molecular weight excluding hydrogens is 215 g/mol. The number of anilines is 1. The van der Waals surface area contributed by atoms with E-state index in [0.29, 0.717) is 5.69 Å². The largest absolute Gasteiger partial charge is 0.416 e. The van der Waals surface area contributed by atoms with Crippen LogP contribution in [0.2, 0.25) is 0 Å². The second-order valence-corrected chi connectivity index (χ2v) is 3.77. The number of hydrogen-bond donors (Lipinski definition) is 0. The first-order chi connectivity index (χ1) is 7.57. The Morgan fingerprint density at radius 2 is 2.00 bits per heavy atom. The van der Waals surface area contributed by atoms with Crippen molar-refractivity contribution in [2.75, 3.05) is 11.4 Å². The van der Waals surface area contributed by atoms with Crippen molar-refractivity contribution in [3.63, 3.8) is 0 Å². The summed E-state index contributed by atoms with van der Waals surface area (Å²) in [6, 6.07) is 5.43. The number of alkyl halides is 3. The lowest BCUT2D eigenvalue weighted by atomic mass is 10.1. The van der Waals surface area contributed by atoms with Crippen molar-refractivity contribution in [2.24, 2.45) is 0 Å². The number of allylic oxidation sites excluding steroid dienone is 1. The molecule has 1 aliphatic rings. The molecule has 0 N–H and O–H groups in total. The highest BCUT2D eigenvalue weighted by Crippen LogP contribution is 2.32. The molecule has 2 rings (SSSR count). The van der Waals surface area contributed by atoms with Gasteiger partial charge in [0.1, 0.15) is 0 Å². The predicted octanol–water partition coefficient (Wildman–Crippen LogP) is 3.82. The maximum absolute atomic E-state index is 12.5. The van der Waals surface area contributed by atoms with Gasteiger partial charge in [0.2, 0.25) is 0 Å². The molecule has 0 saturated heterocycles. The molecule has 0 atom stereocenters. The zero-order chi connectivity index (χ0) is 11.6. The first kappa shape index (κ1) is 11.0. The van der Waals surface area contributed by atoms with Crippen molar-refractivity contribution >= 4 is 5.69 Å². The van der Waals surface area contributed by atoms with Crippen molar-refractivity contribution in [3.05, 3.63) is 42.1 Å². The number of benzene rings is 1. The quantitative estimate of drug-likeness (QED) is 0.705. The second-order valence-electron chi connectivity index (χ2n) is 3.77. The highest BCUT2D eigenvalue weighted by molar-refractivity contribution is 5.52. The van der Waals surface area contributed by atoms with Crippen LogP contribution in [0.25, 0.3) is 0 Å². The van der Waals surface area contributed by atoms with E-state index >= 15 is 0 Å². The molecule has 0 aliphatic carbocycles. The summed E-state index contributed by atoms with van der Waals surface area (Å²) in [4.78, 5) is 1.85. The minimum atomic E-state index is -4.27. The molecule has 1 heterocycles. The van der Waals surface area contributed by atoms with E-state index in [-0.39, 0.29) is 0 Å². The Morgan fingerprint density at radius 3 is 2.62 bits per heavy atom. The smallest absolute Gasteiger partial charge is 0.348 e. The highest BCUT2D eigenvalue weighted by Gasteiger charge is 2.30. The lowest BCUT2D eigenvalue weighted by Gasteiger charge is -2.24. The summed E-state index contributed by atoms with van der Waals surface area (Å²) >= 11 is 0. The van der Waals surface area contributed by atoms with E-state index in [2.05, 4.69) is 0 Å². The molecule has 0 unspecified atom stereocenters. The van der Waals surface area contributed by atoms with Crippen LogP contribution in [0.4, 0.5) is 18.9 Å². The molecule has 0 fully saturated rings. The normalized spacial score (nSPS) is 16.6. The Hall–Kier alpha value is -1.45. The van der Waals surface area contributed by atoms with Crippen LogP contribution in [0.15, 0.2) is 36.5 Å². The molecule has 86 valence electrons. The molecule has 0 spiro atoms. The van der Waals surface area contributed by atoms with E-state index in [1.165, 1.54) is 12.1 Å². The van der Waals surface area contributed by atoms with Gasteiger partial charge in [-0.3, -0.25) is 0 Å². The summed E-state index contributed by atoms with van der Waals surface area (Å²) in [5.41, 5.74) is 0.00903. The molecule has 16 heavy (non-hydrogen) atoms. The van der Waals surface area contributed by atoms with Crippen molar-refractivity contribution in [1.82, 2.24) is 0 Å². The van der Waals surface area contributed by atoms with E-state index in [1.54, 1.807) is 6.07 Å². The fourth-order valence-electron chi connectivity index (χ4n) is 1.73. The Balaban J connectivity index is 2.28. The predicted molar refractivity (Wildman–Crippen MR) is 57.2 cm³/mol. The summed E-state index contributed by atoms with van der Waals surface area (Å²) in [6.07, 6.45) is 1.53. The van der Waals surface area contributed by atoms with Crippen LogP contribution >= 0.6 is 0 Å². The zero-order valence-corrected chi connectivity index (χ0v) is 8.67. The molecule has 1 aromatic carbocycles. The van der Waals surface area contributed by atoms with Crippen LogP contribution in [0.5, 0.6) is 0 Å². The van der Waals surface area contributed by atoms with Crippen LogP contribution in [0, 0.1) is 0 Å². The summed E-state index contributed by atoms with van der Waals surface area (Å²) in [5, 5.41) is 0. The van der Waals surface area contributed by atoms with Crippen molar-refractivity contribution in [2.45, 2.75) is 19.0 Å². The molecule has 0 saturated carbocycles. The number of hydrogen-bond acceptors (Lipinski definition) is 1. The fraction of sp³-hybridized carbons (Fsp3) is 0.333. The SMILES string of the molecule is FC(F)(F)c1cccc(N2C=CCCC2)c1. The van der Waals surface area contributed by atoms with Crippen LogP contribution < -0.4 is 4.90 Å². The van der Waals surface area contributed by atoms with Crippen molar-refractivity contribution in [1.29, 1.82) is 0 Å². The zero-order valence-electron chi connectivity index (χ0n) is 8.67. The van der Waals surface area contributed by atoms with E-state index in [0.717, 1.165) is 25.5 Å². The third kappa shape index (κ3) is 2.38. The molecule has 4 heteroatoms. The van der Waals surface area contributed by atoms with Gasteiger partial charge in [0.25, 0.3) is 0 Å². The number of halogens is 3. The van der Waals surface area contributed by atoms with Crippen LogP contribution in [-0.4, -0.2) is 6.54 Å². The maximum Gasteiger partial charge on any atom is 0.416 e. The average Bonchev–Trinajstić information content (AvgIpc) is 2.29. The minimum absolute atomic E-state index is 0.594. The molecule has 1 nitrogen and oxygen atoms in total.